The number of imidazole rings is 1. The van der Waals surface area contributed by atoms with Gasteiger partial charge in [0.25, 0.3) is 0 Å². The van der Waals surface area contributed by atoms with E-state index in [0.717, 1.165) is 29.9 Å². The molecule has 2 aromatic rings. The molecule has 0 radical (unpaired) electrons. The van der Waals surface area contributed by atoms with Gasteiger partial charge in [0.1, 0.15) is 5.82 Å². The fourth-order valence-electron chi connectivity index (χ4n) is 1.55. The lowest BCUT2D eigenvalue weighted by Gasteiger charge is -1.94. The van der Waals surface area contributed by atoms with E-state index in [4.69, 9.17) is 0 Å². The molecule has 0 atom stereocenters. The number of fused-ring (bicyclic) bond motifs is 1. The second-order valence-corrected chi connectivity index (χ2v) is 3.00. The minimum Gasteiger partial charge on any atom is -0.236 e. The number of aryl methyl sites for hydroxylation is 2. The van der Waals surface area contributed by atoms with Crippen LogP contribution in [-0.2, 0) is 12.8 Å². The zero-order chi connectivity index (χ0) is 9.26. The maximum Gasteiger partial charge on any atom is 0.130 e. The summed E-state index contributed by atoms with van der Waals surface area (Å²) >= 11 is 0. The first-order valence-corrected chi connectivity index (χ1v) is 4.68. The summed E-state index contributed by atoms with van der Waals surface area (Å²) in [7, 11) is 0. The normalized spacial score (nSPS) is 10.9. The van der Waals surface area contributed by atoms with Crippen LogP contribution in [0.3, 0.4) is 0 Å². The van der Waals surface area contributed by atoms with E-state index >= 15 is 0 Å². The van der Waals surface area contributed by atoms with Crippen molar-refractivity contribution in [3.8, 4) is 0 Å². The minimum absolute atomic E-state index is 0.929. The van der Waals surface area contributed by atoms with Crippen molar-refractivity contribution in [3.63, 3.8) is 0 Å². The van der Waals surface area contributed by atoms with Gasteiger partial charge in [-0.15, -0.1) is 0 Å². The van der Waals surface area contributed by atoms with Crippen LogP contribution in [0.15, 0.2) is 18.3 Å². The standard InChI is InChI=1S/C10H13N3/c1-3-8-9-6-5-7-11-13(9)10(4-2)12-8/h5-7H,3-4H2,1-2H3. The lowest BCUT2D eigenvalue weighted by molar-refractivity contribution is 0.826. The molecule has 3 heteroatoms. The van der Waals surface area contributed by atoms with Gasteiger partial charge in [-0.3, -0.25) is 0 Å². The molecule has 0 aliphatic heterocycles. The summed E-state index contributed by atoms with van der Waals surface area (Å²) in [4.78, 5) is 4.53. The molecule has 0 amide bonds. The molecule has 3 nitrogen and oxygen atoms in total. The molecule has 13 heavy (non-hydrogen) atoms. The Bertz CT molecular complexity index is 379. The van der Waals surface area contributed by atoms with Crippen molar-refractivity contribution in [3.05, 3.63) is 29.8 Å². The summed E-state index contributed by atoms with van der Waals surface area (Å²) in [6.45, 7) is 4.22. The maximum absolute atomic E-state index is 4.53. The van der Waals surface area contributed by atoms with E-state index in [-0.39, 0.29) is 0 Å². The number of nitrogens with zero attached hydrogens (tertiary/aromatic N) is 3. The topological polar surface area (TPSA) is 30.2 Å². The molecule has 0 saturated carbocycles. The van der Waals surface area contributed by atoms with Gasteiger partial charge in [-0.1, -0.05) is 13.8 Å². The third-order valence-electron chi connectivity index (χ3n) is 2.21. The maximum atomic E-state index is 4.53. The van der Waals surface area contributed by atoms with E-state index < -0.39 is 0 Å². The largest absolute Gasteiger partial charge is 0.236 e. The highest BCUT2D eigenvalue weighted by Crippen LogP contribution is 2.11. The SMILES string of the molecule is CCc1nc(CC)n2ncccc12. The van der Waals surface area contributed by atoms with Gasteiger partial charge in [0.15, 0.2) is 0 Å². The van der Waals surface area contributed by atoms with Gasteiger partial charge < -0.3 is 0 Å². The Hall–Kier alpha value is -1.38. The van der Waals surface area contributed by atoms with Gasteiger partial charge in [-0.2, -0.15) is 5.10 Å². The average Bonchev–Trinajstić information content (AvgIpc) is 2.56. The van der Waals surface area contributed by atoms with Crippen LogP contribution >= 0.6 is 0 Å². The summed E-state index contributed by atoms with van der Waals surface area (Å²) in [6.07, 6.45) is 3.70. The van der Waals surface area contributed by atoms with Gasteiger partial charge in [-0.25, -0.2) is 9.50 Å². The Kier molecular flexibility index (Phi) is 2.00. The predicted molar refractivity (Wildman–Crippen MR) is 51.7 cm³/mol. The van der Waals surface area contributed by atoms with E-state index in [1.54, 1.807) is 6.20 Å². The molecule has 2 heterocycles. The third kappa shape index (κ3) is 1.20. The van der Waals surface area contributed by atoms with Crippen LogP contribution < -0.4 is 0 Å². The highest BCUT2D eigenvalue weighted by Gasteiger charge is 2.07. The molecule has 0 unspecified atom stereocenters. The second kappa shape index (κ2) is 3.17. The highest BCUT2D eigenvalue weighted by molar-refractivity contribution is 5.51. The number of rotatable bonds is 2. The minimum atomic E-state index is 0.929. The molecule has 0 bridgehead atoms. The molecule has 0 aliphatic carbocycles. The Balaban J connectivity index is 2.74. The molecule has 2 rings (SSSR count). The molecule has 0 fully saturated rings. The van der Waals surface area contributed by atoms with Crippen molar-refractivity contribution in [1.82, 2.24) is 14.6 Å². The Morgan fingerprint density at radius 1 is 1.31 bits per heavy atom. The van der Waals surface area contributed by atoms with Crippen LogP contribution in [0.1, 0.15) is 25.4 Å². The molecule has 0 aliphatic rings. The highest BCUT2D eigenvalue weighted by atomic mass is 15.3. The van der Waals surface area contributed by atoms with E-state index in [1.165, 1.54) is 0 Å². The van der Waals surface area contributed by atoms with Crippen molar-refractivity contribution in [2.75, 3.05) is 0 Å². The van der Waals surface area contributed by atoms with E-state index in [9.17, 15) is 0 Å². The Morgan fingerprint density at radius 3 is 2.85 bits per heavy atom. The van der Waals surface area contributed by atoms with E-state index in [0.29, 0.717) is 0 Å². The molecule has 68 valence electrons. The summed E-state index contributed by atoms with van der Waals surface area (Å²) in [5.74, 6) is 1.05. The Morgan fingerprint density at radius 2 is 2.15 bits per heavy atom. The van der Waals surface area contributed by atoms with Gasteiger partial charge in [0, 0.05) is 12.6 Å². The number of hydrogen-bond acceptors (Lipinski definition) is 2. The van der Waals surface area contributed by atoms with Crippen molar-refractivity contribution in [2.45, 2.75) is 26.7 Å². The first kappa shape index (κ1) is 8.23. The Labute approximate surface area is 77.4 Å². The molecule has 0 aromatic carbocycles. The van der Waals surface area contributed by atoms with Crippen molar-refractivity contribution < 1.29 is 0 Å². The lowest BCUT2D eigenvalue weighted by Crippen LogP contribution is -1.95. The molecule has 0 N–H and O–H groups in total. The van der Waals surface area contributed by atoms with Crippen LogP contribution in [0.4, 0.5) is 0 Å². The smallest absolute Gasteiger partial charge is 0.130 e. The van der Waals surface area contributed by atoms with Crippen LogP contribution in [0.25, 0.3) is 5.52 Å². The van der Waals surface area contributed by atoms with Crippen molar-refractivity contribution in [1.29, 1.82) is 0 Å². The molecular weight excluding hydrogens is 162 g/mol. The first-order valence-electron chi connectivity index (χ1n) is 4.68. The van der Waals surface area contributed by atoms with Gasteiger partial charge in [-0.05, 0) is 18.6 Å². The third-order valence-corrected chi connectivity index (χ3v) is 2.21. The zero-order valence-electron chi connectivity index (χ0n) is 7.99. The predicted octanol–water partition coefficient (Wildman–Crippen LogP) is 1.85. The van der Waals surface area contributed by atoms with Gasteiger partial charge >= 0.3 is 0 Å². The quantitative estimate of drug-likeness (QED) is 0.697. The molecule has 0 spiro atoms. The zero-order valence-corrected chi connectivity index (χ0v) is 7.99. The van der Waals surface area contributed by atoms with Crippen molar-refractivity contribution in [2.24, 2.45) is 0 Å². The molecule has 0 saturated heterocycles. The average molecular weight is 175 g/mol. The van der Waals surface area contributed by atoms with Crippen LogP contribution in [-0.4, -0.2) is 14.6 Å². The fraction of sp³-hybridized carbons (Fsp3) is 0.400. The summed E-state index contributed by atoms with van der Waals surface area (Å²) in [5.41, 5.74) is 2.28. The number of aromatic nitrogens is 3. The van der Waals surface area contributed by atoms with Gasteiger partial charge in [0.2, 0.25) is 0 Å². The second-order valence-electron chi connectivity index (χ2n) is 3.00. The molecular formula is C10H13N3. The van der Waals surface area contributed by atoms with E-state index in [1.807, 2.05) is 10.6 Å². The van der Waals surface area contributed by atoms with Crippen molar-refractivity contribution >= 4 is 5.52 Å². The lowest BCUT2D eigenvalue weighted by atomic mass is 10.3. The van der Waals surface area contributed by atoms with Gasteiger partial charge in [0.05, 0.1) is 11.2 Å². The number of hydrogen-bond donors (Lipinski definition) is 0. The van der Waals surface area contributed by atoms with E-state index in [2.05, 4.69) is 30.0 Å². The van der Waals surface area contributed by atoms with Crippen LogP contribution in [0.5, 0.6) is 0 Å². The van der Waals surface area contributed by atoms with Crippen LogP contribution in [0, 0.1) is 0 Å². The van der Waals surface area contributed by atoms with Crippen LogP contribution in [0.2, 0.25) is 0 Å². The summed E-state index contributed by atoms with van der Waals surface area (Å²) < 4.78 is 1.93. The summed E-state index contributed by atoms with van der Waals surface area (Å²) in [5, 5.41) is 4.27. The fourth-order valence-corrected chi connectivity index (χ4v) is 1.55. The first-order chi connectivity index (χ1) is 6.36. The molecule has 2 aromatic heterocycles. The summed E-state index contributed by atoms with van der Waals surface area (Å²) in [6, 6.07) is 4.02. The monoisotopic (exact) mass is 175 g/mol.